The molecule has 0 amide bonds. The summed E-state index contributed by atoms with van der Waals surface area (Å²) >= 11 is 1.30. The van der Waals surface area contributed by atoms with Gasteiger partial charge in [-0.15, -0.1) is 0 Å². The van der Waals surface area contributed by atoms with E-state index in [9.17, 15) is 9.59 Å². The summed E-state index contributed by atoms with van der Waals surface area (Å²) < 4.78 is 13.0. The molecular formula is C27H26N2O4S. The molecule has 1 aliphatic heterocycles. The third kappa shape index (κ3) is 4.65. The zero-order chi connectivity index (χ0) is 24.2. The van der Waals surface area contributed by atoms with Gasteiger partial charge in [0.05, 0.1) is 28.5 Å². The summed E-state index contributed by atoms with van der Waals surface area (Å²) in [5.41, 5.74) is 3.53. The van der Waals surface area contributed by atoms with Crippen LogP contribution >= 0.6 is 11.3 Å². The highest BCUT2D eigenvalue weighted by Gasteiger charge is 2.33. The second kappa shape index (κ2) is 10.1. The third-order valence-electron chi connectivity index (χ3n) is 5.46. The van der Waals surface area contributed by atoms with E-state index in [-0.39, 0.29) is 12.2 Å². The molecule has 4 rings (SSSR count). The first-order valence-electron chi connectivity index (χ1n) is 11.0. The van der Waals surface area contributed by atoms with Crippen molar-refractivity contribution in [2.45, 2.75) is 26.8 Å². The SMILES string of the molecule is C=CCOc1ccc(/C=c2\sc3n(c2=O)[C@H](c2ccc(C)cc2)C(C(=O)OCC)=C(C)N=3)cc1. The van der Waals surface area contributed by atoms with Crippen LogP contribution in [0, 0.1) is 6.92 Å². The number of thiazole rings is 1. The molecule has 3 aromatic rings. The number of ether oxygens (including phenoxy) is 2. The molecule has 2 aromatic carbocycles. The first-order chi connectivity index (χ1) is 16.4. The molecule has 1 aromatic heterocycles. The lowest BCUT2D eigenvalue weighted by molar-refractivity contribution is -0.139. The van der Waals surface area contributed by atoms with Crippen LogP contribution in [0.15, 0.2) is 82.2 Å². The minimum atomic E-state index is -0.604. The number of fused-ring (bicyclic) bond motifs is 1. The zero-order valence-electron chi connectivity index (χ0n) is 19.4. The number of carbonyl (C=O) groups excluding carboxylic acids is 1. The van der Waals surface area contributed by atoms with Crippen LogP contribution in [-0.4, -0.2) is 23.8 Å². The Morgan fingerprint density at radius 3 is 2.50 bits per heavy atom. The molecule has 0 aliphatic carbocycles. The van der Waals surface area contributed by atoms with Crippen molar-refractivity contribution in [2.75, 3.05) is 13.2 Å². The second-order valence-corrected chi connectivity index (χ2v) is 8.89. The van der Waals surface area contributed by atoms with Crippen LogP contribution in [0.3, 0.4) is 0 Å². The Morgan fingerprint density at radius 2 is 1.85 bits per heavy atom. The van der Waals surface area contributed by atoms with Gasteiger partial charge in [-0.3, -0.25) is 9.36 Å². The van der Waals surface area contributed by atoms with E-state index in [0.29, 0.717) is 27.2 Å². The van der Waals surface area contributed by atoms with E-state index in [0.717, 1.165) is 22.4 Å². The van der Waals surface area contributed by atoms with Gasteiger partial charge in [-0.05, 0) is 50.1 Å². The molecule has 1 atom stereocenters. The summed E-state index contributed by atoms with van der Waals surface area (Å²) in [6.45, 7) is 9.86. The quantitative estimate of drug-likeness (QED) is 0.387. The van der Waals surface area contributed by atoms with Crippen molar-refractivity contribution < 1.29 is 14.3 Å². The van der Waals surface area contributed by atoms with Crippen LogP contribution in [-0.2, 0) is 9.53 Å². The number of aromatic nitrogens is 1. The number of esters is 1. The number of aryl methyl sites for hydroxylation is 1. The maximum absolute atomic E-state index is 13.6. The molecule has 2 heterocycles. The molecule has 0 spiro atoms. The van der Waals surface area contributed by atoms with E-state index in [1.54, 1.807) is 24.5 Å². The number of rotatable bonds is 7. The van der Waals surface area contributed by atoms with Crippen LogP contribution in [0.2, 0.25) is 0 Å². The molecule has 0 unspecified atom stereocenters. The van der Waals surface area contributed by atoms with Crippen molar-refractivity contribution in [1.29, 1.82) is 0 Å². The van der Waals surface area contributed by atoms with Gasteiger partial charge >= 0.3 is 5.97 Å². The van der Waals surface area contributed by atoms with E-state index in [4.69, 9.17) is 9.47 Å². The van der Waals surface area contributed by atoms with Crippen LogP contribution in [0.4, 0.5) is 0 Å². The van der Waals surface area contributed by atoms with Crippen LogP contribution < -0.4 is 19.6 Å². The fourth-order valence-electron chi connectivity index (χ4n) is 3.82. The fourth-order valence-corrected chi connectivity index (χ4v) is 4.87. The monoisotopic (exact) mass is 474 g/mol. The average Bonchev–Trinajstić information content (AvgIpc) is 3.12. The average molecular weight is 475 g/mol. The summed E-state index contributed by atoms with van der Waals surface area (Å²) in [5, 5.41) is 0. The van der Waals surface area contributed by atoms with Crippen LogP contribution in [0.1, 0.15) is 36.6 Å². The minimum absolute atomic E-state index is 0.199. The topological polar surface area (TPSA) is 69.9 Å². The number of allylic oxidation sites excluding steroid dienone is 1. The van der Waals surface area contributed by atoms with Gasteiger partial charge in [-0.25, -0.2) is 9.79 Å². The fraction of sp³-hybridized carbons (Fsp3) is 0.222. The predicted octanol–water partition coefficient (Wildman–Crippen LogP) is 3.67. The smallest absolute Gasteiger partial charge is 0.338 e. The van der Waals surface area contributed by atoms with Crippen LogP contribution in [0.5, 0.6) is 5.75 Å². The Morgan fingerprint density at radius 1 is 1.15 bits per heavy atom. The highest BCUT2D eigenvalue weighted by molar-refractivity contribution is 7.07. The van der Waals surface area contributed by atoms with E-state index in [1.165, 1.54) is 11.3 Å². The molecule has 0 radical (unpaired) electrons. The maximum Gasteiger partial charge on any atom is 0.338 e. The lowest BCUT2D eigenvalue weighted by Crippen LogP contribution is -2.39. The molecule has 0 saturated heterocycles. The van der Waals surface area contributed by atoms with Gasteiger partial charge in [-0.2, -0.15) is 0 Å². The Balaban J connectivity index is 1.84. The molecule has 34 heavy (non-hydrogen) atoms. The Bertz CT molecular complexity index is 1430. The lowest BCUT2D eigenvalue weighted by Gasteiger charge is -2.24. The van der Waals surface area contributed by atoms with Crippen molar-refractivity contribution in [3.8, 4) is 5.75 Å². The van der Waals surface area contributed by atoms with Gasteiger partial charge < -0.3 is 9.47 Å². The van der Waals surface area contributed by atoms with Gasteiger partial charge in [0.15, 0.2) is 4.80 Å². The maximum atomic E-state index is 13.6. The number of hydrogen-bond donors (Lipinski definition) is 0. The van der Waals surface area contributed by atoms with Gasteiger partial charge in [0.25, 0.3) is 5.56 Å². The molecule has 0 saturated carbocycles. The first-order valence-corrected chi connectivity index (χ1v) is 11.8. The predicted molar refractivity (Wildman–Crippen MR) is 134 cm³/mol. The number of benzene rings is 2. The summed E-state index contributed by atoms with van der Waals surface area (Å²) in [6, 6.07) is 14.7. The second-order valence-electron chi connectivity index (χ2n) is 7.88. The molecule has 0 N–H and O–H groups in total. The van der Waals surface area contributed by atoms with Gasteiger partial charge in [0.1, 0.15) is 12.4 Å². The van der Waals surface area contributed by atoms with Gasteiger partial charge in [-0.1, -0.05) is 66.0 Å². The summed E-state index contributed by atoms with van der Waals surface area (Å²) in [5.74, 6) is 0.270. The molecule has 1 aliphatic rings. The zero-order valence-corrected chi connectivity index (χ0v) is 20.2. The molecule has 6 nitrogen and oxygen atoms in total. The molecule has 174 valence electrons. The van der Waals surface area contributed by atoms with E-state index in [2.05, 4.69) is 11.6 Å². The summed E-state index contributed by atoms with van der Waals surface area (Å²) in [7, 11) is 0. The molecule has 0 fully saturated rings. The third-order valence-corrected chi connectivity index (χ3v) is 6.44. The van der Waals surface area contributed by atoms with E-state index in [1.807, 2.05) is 61.5 Å². The van der Waals surface area contributed by atoms with Crippen LogP contribution in [0.25, 0.3) is 6.08 Å². The number of carbonyl (C=O) groups is 1. The molecule has 7 heteroatoms. The van der Waals surface area contributed by atoms with Crippen molar-refractivity contribution in [2.24, 2.45) is 4.99 Å². The Hall–Kier alpha value is -3.71. The number of nitrogens with zero attached hydrogens (tertiary/aromatic N) is 2. The summed E-state index contributed by atoms with van der Waals surface area (Å²) in [6.07, 6.45) is 3.52. The normalized spacial score (nSPS) is 15.5. The molecular weight excluding hydrogens is 448 g/mol. The van der Waals surface area contributed by atoms with E-state index < -0.39 is 12.0 Å². The van der Waals surface area contributed by atoms with E-state index >= 15 is 0 Å². The Labute approximate surface area is 201 Å². The van der Waals surface area contributed by atoms with Gasteiger partial charge in [0, 0.05) is 0 Å². The standard InChI is InChI=1S/C27H26N2O4S/c1-5-15-33-21-13-9-19(10-14-21)16-22-25(30)29-24(20-11-7-17(3)8-12-20)23(26(31)32-6-2)18(4)28-27(29)34-22/h5,7-14,16,24H,1,6,15H2,2-4H3/b22-16-/t24-/m1/s1. The highest BCUT2D eigenvalue weighted by Crippen LogP contribution is 2.30. The van der Waals surface area contributed by atoms with Crippen molar-refractivity contribution in [3.63, 3.8) is 0 Å². The lowest BCUT2D eigenvalue weighted by atomic mass is 9.95. The van der Waals surface area contributed by atoms with Crippen molar-refractivity contribution in [3.05, 3.63) is 109 Å². The Kier molecular flexibility index (Phi) is 6.93. The minimum Gasteiger partial charge on any atom is -0.490 e. The van der Waals surface area contributed by atoms with Crippen molar-refractivity contribution >= 4 is 23.4 Å². The highest BCUT2D eigenvalue weighted by atomic mass is 32.1. The first kappa shape index (κ1) is 23.4. The van der Waals surface area contributed by atoms with Crippen molar-refractivity contribution in [1.82, 2.24) is 4.57 Å². The summed E-state index contributed by atoms with van der Waals surface area (Å²) in [4.78, 5) is 31.6. The molecule has 0 bridgehead atoms. The largest absolute Gasteiger partial charge is 0.490 e. The van der Waals surface area contributed by atoms with Gasteiger partial charge in [0.2, 0.25) is 0 Å². The number of hydrogen-bond acceptors (Lipinski definition) is 6.